The molecular formula is C11H13N3S. The van der Waals surface area contributed by atoms with Gasteiger partial charge < -0.3 is 5.32 Å². The fourth-order valence-electron chi connectivity index (χ4n) is 1.49. The van der Waals surface area contributed by atoms with E-state index >= 15 is 0 Å². The Morgan fingerprint density at radius 1 is 1.20 bits per heavy atom. The second kappa shape index (κ2) is 3.98. The molecule has 4 heteroatoms. The number of hydrogen-bond donors (Lipinski definition) is 1. The number of nitrogens with zero attached hydrogens (tertiary/aromatic N) is 2. The minimum atomic E-state index is 0.852. The molecule has 2 rings (SSSR count). The maximum absolute atomic E-state index is 4.15. The summed E-state index contributed by atoms with van der Waals surface area (Å²) in [5.74, 6) is 0. The molecule has 0 aliphatic rings. The number of anilines is 1. The lowest BCUT2D eigenvalue weighted by Gasteiger charge is -2.01. The molecule has 0 fully saturated rings. The topological polar surface area (TPSA) is 37.8 Å². The van der Waals surface area contributed by atoms with Crippen molar-refractivity contribution in [2.45, 2.75) is 13.8 Å². The molecule has 0 aliphatic carbocycles. The lowest BCUT2D eigenvalue weighted by molar-refractivity contribution is 1.09. The summed E-state index contributed by atoms with van der Waals surface area (Å²) in [6.07, 6.45) is 0. The van der Waals surface area contributed by atoms with Gasteiger partial charge in [-0.25, -0.2) is 0 Å². The molecule has 0 spiro atoms. The van der Waals surface area contributed by atoms with E-state index in [1.165, 1.54) is 16.7 Å². The lowest BCUT2D eigenvalue weighted by atomic mass is 10.1. The minimum Gasteiger partial charge on any atom is -0.363 e. The van der Waals surface area contributed by atoms with Crippen molar-refractivity contribution in [2.24, 2.45) is 0 Å². The normalized spacial score (nSPS) is 10.3. The summed E-state index contributed by atoms with van der Waals surface area (Å²) in [5.41, 5.74) is 3.68. The Labute approximate surface area is 93.2 Å². The zero-order valence-electron chi connectivity index (χ0n) is 9.03. The Balaban J connectivity index is 2.44. The van der Waals surface area contributed by atoms with Gasteiger partial charge in [0.2, 0.25) is 5.13 Å². The van der Waals surface area contributed by atoms with Gasteiger partial charge in [0.15, 0.2) is 0 Å². The third-order valence-corrected chi connectivity index (χ3v) is 3.23. The summed E-state index contributed by atoms with van der Waals surface area (Å²) in [5, 5.41) is 13.0. The molecule has 1 aromatic carbocycles. The summed E-state index contributed by atoms with van der Waals surface area (Å²) in [6, 6.07) is 6.36. The molecule has 1 N–H and O–H groups in total. The monoisotopic (exact) mass is 219 g/mol. The van der Waals surface area contributed by atoms with E-state index in [-0.39, 0.29) is 0 Å². The Hall–Kier alpha value is -1.42. The second-order valence-corrected chi connectivity index (χ2v) is 4.46. The maximum Gasteiger partial charge on any atom is 0.205 e. The quantitative estimate of drug-likeness (QED) is 0.844. The van der Waals surface area contributed by atoms with Crippen LogP contribution in [-0.4, -0.2) is 17.2 Å². The van der Waals surface area contributed by atoms with E-state index in [1.807, 2.05) is 7.05 Å². The largest absolute Gasteiger partial charge is 0.363 e. The molecule has 0 aliphatic heterocycles. The van der Waals surface area contributed by atoms with Gasteiger partial charge in [-0.3, -0.25) is 0 Å². The predicted octanol–water partition coefficient (Wildman–Crippen LogP) is 2.86. The van der Waals surface area contributed by atoms with E-state index in [1.54, 1.807) is 11.3 Å². The first-order valence-corrected chi connectivity index (χ1v) is 5.61. The Morgan fingerprint density at radius 2 is 2.00 bits per heavy atom. The van der Waals surface area contributed by atoms with Gasteiger partial charge in [0.1, 0.15) is 5.01 Å². The lowest BCUT2D eigenvalue weighted by Crippen LogP contribution is -1.85. The van der Waals surface area contributed by atoms with Crippen LogP contribution in [0.5, 0.6) is 0 Å². The van der Waals surface area contributed by atoms with E-state index in [0.29, 0.717) is 0 Å². The highest BCUT2D eigenvalue weighted by Gasteiger charge is 2.07. The van der Waals surface area contributed by atoms with Crippen molar-refractivity contribution < 1.29 is 0 Å². The molecule has 0 unspecified atom stereocenters. The van der Waals surface area contributed by atoms with Crippen LogP contribution in [0.15, 0.2) is 18.2 Å². The number of hydrogen-bond acceptors (Lipinski definition) is 4. The van der Waals surface area contributed by atoms with Crippen LogP contribution in [0.25, 0.3) is 10.6 Å². The van der Waals surface area contributed by atoms with Crippen LogP contribution in [0, 0.1) is 13.8 Å². The SMILES string of the molecule is CNc1nnc(-c2ccc(C)cc2C)s1. The van der Waals surface area contributed by atoms with Gasteiger partial charge in [0.25, 0.3) is 0 Å². The molecule has 0 saturated heterocycles. The van der Waals surface area contributed by atoms with Crippen LogP contribution >= 0.6 is 11.3 Å². The molecule has 0 amide bonds. The van der Waals surface area contributed by atoms with E-state index < -0.39 is 0 Å². The molecule has 0 saturated carbocycles. The van der Waals surface area contributed by atoms with Crippen LogP contribution in [0.4, 0.5) is 5.13 Å². The second-order valence-electron chi connectivity index (χ2n) is 3.48. The van der Waals surface area contributed by atoms with Crippen molar-refractivity contribution in [3.63, 3.8) is 0 Å². The van der Waals surface area contributed by atoms with Crippen LogP contribution in [0.2, 0.25) is 0 Å². The van der Waals surface area contributed by atoms with E-state index in [4.69, 9.17) is 0 Å². The number of nitrogens with one attached hydrogen (secondary N) is 1. The smallest absolute Gasteiger partial charge is 0.205 e. The van der Waals surface area contributed by atoms with Gasteiger partial charge in [-0.2, -0.15) is 0 Å². The van der Waals surface area contributed by atoms with Gasteiger partial charge in [-0.05, 0) is 19.4 Å². The summed E-state index contributed by atoms with van der Waals surface area (Å²) in [4.78, 5) is 0. The fraction of sp³-hybridized carbons (Fsp3) is 0.273. The molecule has 78 valence electrons. The molecule has 0 atom stereocenters. The zero-order chi connectivity index (χ0) is 10.8. The molecule has 0 bridgehead atoms. The third-order valence-electron chi connectivity index (χ3n) is 2.25. The average molecular weight is 219 g/mol. The maximum atomic E-state index is 4.15. The third kappa shape index (κ3) is 1.99. The first kappa shape index (κ1) is 10.1. The Bertz CT molecular complexity index is 476. The molecule has 0 radical (unpaired) electrons. The number of aryl methyl sites for hydroxylation is 2. The van der Waals surface area contributed by atoms with Crippen molar-refractivity contribution in [3.8, 4) is 10.6 Å². The van der Waals surface area contributed by atoms with E-state index in [2.05, 4.69) is 47.6 Å². The molecule has 1 aromatic heterocycles. The van der Waals surface area contributed by atoms with Crippen molar-refractivity contribution in [1.29, 1.82) is 0 Å². The highest BCUT2D eigenvalue weighted by Crippen LogP contribution is 2.28. The molecule has 2 aromatic rings. The summed E-state index contributed by atoms with van der Waals surface area (Å²) >= 11 is 1.57. The summed E-state index contributed by atoms with van der Waals surface area (Å²) in [7, 11) is 1.85. The average Bonchev–Trinajstić information content (AvgIpc) is 2.66. The predicted molar refractivity (Wildman–Crippen MR) is 64.4 cm³/mol. The van der Waals surface area contributed by atoms with Crippen molar-refractivity contribution in [2.75, 3.05) is 12.4 Å². The van der Waals surface area contributed by atoms with Crippen LogP contribution < -0.4 is 5.32 Å². The van der Waals surface area contributed by atoms with E-state index in [9.17, 15) is 0 Å². The highest BCUT2D eigenvalue weighted by atomic mass is 32.1. The molecule has 15 heavy (non-hydrogen) atoms. The molecule has 3 nitrogen and oxygen atoms in total. The van der Waals surface area contributed by atoms with Gasteiger partial charge in [0, 0.05) is 12.6 Å². The zero-order valence-corrected chi connectivity index (χ0v) is 9.85. The van der Waals surface area contributed by atoms with Crippen LogP contribution in [-0.2, 0) is 0 Å². The Morgan fingerprint density at radius 3 is 2.60 bits per heavy atom. The summed E-state index contributed by atoms with van der Waals surface area (Å²) in [6.45, 7) is 4.19. The van der Waals surface area contributed by atoms with Gasteiger partial charge in [0.05, 0.1) is 0 Å². The first-order chi connectivity index (χ1) is 7.20. The van der Waals surface area contributed by atoms with Gasteiger partial charge in [-0.1, -0.05) is 35.1 Å². The standard InChI is InChI=1S/C11H13N3S/c1-7-4-5-9(8(2)6-7)10-13-14-11(12-3)15-10/h4-6H,1-3H3,(H,12,14). The number of rotatable bonds is 2. The van der Waals surface area contributed by atoms with Crippen LogP contribution in [0.1, 0.15) is 11.1 Å². The highest BCUT2D eigenvalue weighted by molar-refractivity contribution is 7.18. The van der Waals surface area contributed by atoms with E-state index in [0.717, 1.165) is 10.1 Å². The first-order valence-electron chi connectivity index (χ1n) is 4.79. The molecular weight excluding hydrogens is 206 g/mol. The van der Waals surface area contributed by atoms with Crippen molar-refractivity contribution >= 4 is 16.5 Å². The number of benzene rings is 1. The number of aromatic nitrogens is 2. The van der Waals surface area contributed by atoms with Gasteiger partial charge >= 0.3 is 0 Å². The summed E-state index contributed by atoms with van der Waals surface area (Å²) < 4.78 is 0. The van der Waals surface area contributed by atoms with Crippen molar-refractivity contribution in [3.05, 3.63) is 29.3 Å². The fourth-order valence-corrected chi connectivity index (χ4v) is 2.27. The van der Waals surface area contributed by atoms with Crippen LogP contribution in [0.3, 0.4) is 0 Å². The van der Waals surface area contributed by atoms with Crippen molar-refractivity contribution in [1.82, 2.24) is 10.2 Å². The molecule has 1 heterocycles. The van der Waals surface area contributed by atoms with Gasteiger partial charge in [-0.15, -0.1) is 10.2 Å². The Kier molecular flexibility index (Phi) is 2.68. The minimum absolute atomic E-state index is 0.852.